The first-order valence-corrected chi connectivity index (χ1v) is 10.5. The molecule has 3 heterocycles. The number of piperidine rings is 1. The Bertz CT molecular complexity index is 845. The summed E-state index contributed by atoms with van der Waals surface area (Å²) in [7, 11) is 0. The van der Waals surface area contributed by atoms with Gasteiger partial charge in [0.1, 0.15) is 17.0 Å². The molecule has 2 aliphatic heterocycles. The lowest BCUT2D eigenvalue weighted by Crippen LogP contribution is -2.54. The van der Waals surface area contributed by atoms with Crippen molar-refractivity contribution in [2.24, 2.45) is 0 Å². The standard InChI is InChI=1S/C22H25ClN2O3/c23-20-7-5-16(13-24-20)21(26)15-4-6-19-17(12-15)14-27-22(28-19)8-10-25(11-9-22)18-2-1-3-18/h4-7,12-13,18,21,26H,1-3,8-11,14H2. The third kappa shape index (κ3) is 3.41. The molecule has 1 aromatic heterocycles. The predicted octanol–water partition coefficient (Wildman–Crippen LogP) is 4.07. The molecule has 148 valence electrons. The number of halogens is 1. The molecule has 1 aromatic carbocycles. The molecule has 2 fully saturated rings. The van der Waals surface area contributed by atoms with E-state index in [1.165, 1.54) is 19.3 Å². The van der Waals surface area contributed by atoms with Gasteiger partial charge in [-0.25, -0.2) is 4.98 Å². The van der Waals surface area contributed by atoms with Crippen LogP contribution in [0.5, 0.6) is 5.75 Å². The van der Waals surface area contributed by atoms with Crippen LogP contribution in [0.15, 0.2) is 36.5 Å². The van der Waals surface area contributed by atoms with E-state index >= 15 is 0 Å². The molecule has 0 bridgehead atoms. The van der Waals surface area contributed by atoms with Gasteiger partial charge >= 0.3 is 0 Å². The smallest absolute Gasteiger partial charge is 0.213 e. The zero-order valence-corrected chi connectivity index (χ0v) is 16.6. The molecule has 0 amide bonds. The molecule has 1 saturated heterocycles. The molecule has 1 saturated carbocycles. The first-order chi connectivity index (χ1) is 13.6. The van der Waals surface area contributed by atoms with Crippen molar-refractivity contribution in [1.82, 2.24) is 9.88 Å². The minimum absolute atomic E-state index is 0.414. The number of benzene rings is 1. The van der Waals surface area contributed by atoms with E-state index in [9.17, 15) is 5.11 Å². The summed E-state index contributed by atoms with van der Waals surface area (Å²) in [5, 5.41) is 11.1. The lowest BCUT2D eigenvalue weighted by atomic mass is 9.89. The summed E-state index contributed by atoms with van der Waals surface area (Å²) >= 11 is 5.84. The fourth-order valence-corrected chi connectivity index (χ4v) is 4.50. The van der Waals surface area contributed by atoms with Crippen molar-refractivity contribution in [2.45, 2.75) is 56.6 Å². The first-order valence-electron chi connectivity index (χ1n) is 10.1. The zero-order chi connectivity index (χ0) is 19.1. The Morgan fingerprint density at radius 1 is 1.14 bits per heavy atom. The van der Waals surface area contributed by atoms with Gasteiger partial charge in [-0.2, -0.15) is 0 Å². The third-order valence-corrected chi connectivity index (χ3v) is 6.63. The highest BCUT2D eigenvalue weighted by molar-refractivity contribution is 6.29. The third-order valence-electron chi connectivity index (χ3n) is 6.40. The van der Waals surface area contributed by atoms with E-state index in [1.54, 1.807) is 18.3 Å². The second kappa shape index (κ2) is 7.30. The molecule has 1 aliphatic carbocycles. The van der Waals surface area contributed by atoms with Gasteiger partial charge in [0, 0.05) is 49.3 Å². The molecule has 3 aliphatic rings. The Morgan fingerprint density at radius 2 is 1.93 bits per heavy atom. The second-order valence-electron chi connectivity index (χ2n) is 8.11. The van der Waals surface area contributed by atoms with Crippen LogP contribution in [-0.2, 0) is 11.3 Å². The first kappa shape index (κ1) is 18.4. The maximum atomic E-state index is 10.7. The van der Waals surface area contributed by atoms with Crippen molar-refractivity contribution in [3.05, 3.63) is 58.4 Å². The predicted molar refractivity (Wildman–Crippen MR) is 106 cm³/mol. The summed E-state index contributed by atoms with van der Waals surface area (Å²) < 4.78 is 12.5. The van der Waals surface area contributed by atoms with Crippen molar-refractivity contribution in [3.8, 4) is 5.75 Å². The minimum atomic E-state index is -0.753. The lowest BCUT2D eigenvalue weighted by Gasteiger charge is -2.47. The normalized spacial score (nSPS) is 22.9. The van der Waals surface area contributed by atoms with Crippen molar-refractivity contribution in [1.29, 1.82) is 0 Å². The molecule has 28 heavy (non-hydrogen) atoms. The van der Waals surface area contributed by atoms with Gasteiger partial charge < -0.3 is 14.6 Å². The number of fused-ring (bicyclic) bond motifs is 1. The zero-order valence-electron chi connectivity index (χ0n) is 15.8. The van der Waals surface area contributed by atoms with E-state index < -0.39 is 11.9 Å². The van der Waals surface area contributed by atoms with Gasteiger partial charge in [0.15, 0.2) is 0 Å². The summed E-state index contributed by atoms with van der Waals surface area (Å²) in [6.07, 6.45) is 6.71. The molecule has 1 N–H and O–H groups in total. The van der Waals surface area contributed by atoms with Crippen molar-refractivity contribution in [2.75, 3.05) is 13.1 Å². The fraction of sp³-hybridized carbons (Fsp3) is 0.500. The summed E-state index contributed by atoms with van der Waals surface area (Å²) in [6, 6.07) is 10.1. The fourth-order valence-electron chi connectivity index (χ4n) is 4.39. The van der Waals surface area contributed by atoms with Gasteiger partial charge in [-0.3, -0.25) is 4.90 Å². The Labute approximate surface area is 170 Å². The molecule has 1 unspecified atom stereocenters. The highest BCUT2D eigenvalue weighted by Crippen LogP contribution is 2.40. The van der Waals surface area contributed by atoms with E-state index in [0.29, 0.717) is 17.3 Å². The largest absolute Gasteiger partial charge is 0.462 e. The second-order valence-corrected chi connectivity index (χ2v) is 8.49. The van der Waals surface area contributed by atoms with Crippen LogP contribution in [0.4, 0.5) is 0 Å². The van der Waals surface area contributed by atoms with Gasteiger partial charge in [-0.1, -0.05) is 30.2 Å². The van der Waals surface area contributed by atoms with Crippen molar-refractivity contribution in [3.63, 3.8) is 0 Å². The van der Waals surface area contributed by atoms with Crippen LogP contribution in [0.2, 0.25) is 5.15 Å². The van der Waals surface area contributed by atoms with E-state index in [0.717, 1.165) is 48.8 Å². The highest BCUT2D eigenvalue weighted by Gasteiger charge is 2.42. The summed E-state index contributed by atoms with van der Waals surface area (Å²) in [5.74, 6) is 0.376. The number of ether oxygens (including phenoxy) is 2. The van der Waals surface area contributed by atoms with Crippen LogP contribution in [0.25, 0.3) is 0 Å². The molecular weight excluding hydrogens is 376 g/mol. The van der Waals surface area contributed by atoms with Crippen LogP contribution >= 0.6 is 11.6 Å². The highest BCUT2D eigenvalue weighted by atomic mass is 35.5. The number of rotatable bonds is 3. The molecule has 1 spiro atoms. The van der Waals surface area contributed by atoms with E-state index in [2.05, 4.69) is 9.88 Å². The van der Waals surface area contributed by atoms with Gasteiger partial charge in [0.05, 0.1) is 6.61 Å². The van der Waals surface area contributed by atoms with Crippen LogP contribution in [0.1, 0.15) is 54.9 Å². The monoisotopic (exact) mass is 400 g/mol. The summed E-state index contributed by atoms with van der Waals surface area (Å²) in [5.41, 5.74) is 2.48. The molecule has 5 nitrogen and oxygen atoms in total. The Hall–Kier alpha value is -1.66. The van der Waals surface area contributed by atoms with Gasteiger partial charge in [-0.15, -0.1) is 0 Å². The van der Waals surface area contributed by atoms with Crippen LogP contribution in [0.3, 0.4) is 0 Å². The number of nitrogens with zero attached hydrogens (tertiary/aromatic N) is 2. The quantitative estimate of drug-likeness (QED) is 0.787. The van der Waals surface area contributed by atoms with Gasteiger partial charge in [0.25, 0.3) is 0 Å². The van der Waals surface area contributed by atoms with Crippen molar-refractivity contribution >= 4 is 11.6 Å². The van der Waals surface area contributed by atoms with Gasteiger partial charge in [0.2, 0.25) is 5.79 Å². The maximum Gasteiger partial charge on any atom is 0.213 e. The number of aliphatic hydroxyl groups is 1. The minimum Gasteiger partial charge on any atom is -0.462 e. The Kier molecular flexibility index (Phi) is 4.79. The van der Waals surface area contributed by atoms with E-state index in [4.69, 9.17) is 21.1 Å². The summed E-state index contributed by atoms with van der Waals surface area (Å²) in [6.45, 7) is 2.60. The Balaban J connectivity index is 1.29. The number of pyridine rings is 1. The van der Waals surface area contributed by atoms with Crippen molar-refractivity contribution < 1.29 is 14.6 Å². The molecule has 0 radical (unpaired) electrons. The van der Waals surface area contributed by atoms with Gasteiger partial charge in [-0.05, 0) is 36.6 Å². The summed E-state index contributed by atoms with van der Waals surface area (Å²) in [4.78, 5) is 6.64. The number of likely N-dealkylation sites (tertiary alicyclic amines) is 1. The molecule has 5 rings (SSSR count). The molecule has 2 aromatic rings. The number of hydrogen-bond donors (Lipinski definition) is 1. The SMILES string of the molecule is OC(c1ccc(Cl)nc1)c1ccc2c(c1)COC1(CCN(C3CCC3)CC1)O2. The topological polar surface area (TPSA) is 54.8 Å². The van der Waals surface area contributed by atoms with E-state index in [1.807, 2.05) is 18.2 Å². The maximum absolute atomic E-state index is 10.7. The Morgan fingerprint density at radius 3 is 2.61 bits per heavy atom. The molecule has 6 heteroatoms. The molecule has 1 atom stereocenters. The number of hydrogen-bond acceptors (Lipinski definition) is 5. The van der Waals surface area contributed by atoms with Crippen LogP contribution < -0.4 is 4.74 Å². The van der Waals surface area contributed by atoms with Crippen LogP contribution in [-0.4, -0.2) is 39.9 Å². The number of aromatic nitrogens is 1. The average molecular weight is 401 g/mol. The molecular formula is C22H25ClN2O3. The number of aliphatic hydroxyl groups excluding tert-OH is 1. The van der Waals surface area contributed by atoms with E-state index in [-0.39, 0.29) is 0 Å². The lowest BCUT2D eigenvalue weighted by molar-refractivity contribution is -0.231. The van der Waals surface area contributed by atoms with Crippen LogP contribution in [0, 0.1) is 0 Å². The average Bonchev–Trinajstić information content (AvgIpc) is 2.68.